The Balaban J connectivity index is 2.03. The second-order valence-electron chi connectivity index (χ2n) is 8.33. The third-order valence-corrected chi connectivity index (χ3v) is 5.61. The molecule has 1 unspecified atom stereocenters. The Hall–Kier alpha value is -0.750. The molecule has 2 fully saturated rings. The van der Waals surface area contributed by atoms with E-state index in [4.69, 9.17) is 4.74 Å². The van der Waals surface area contributed by atoms with Crippen molar-refractivity contribution in [3.63, 3.8) is 0 Å². The lowest BCUT2D eigenvalue weighted by Crippen LogP contribution is -2.46. The molecule has 2 rings (SSSR count). The number of ether oxygens (including phenoxy) is 1. The molecule has 6 heteroatoms. The molecule has 1 aliphatic heterocycles. The molecule has 1 aliphatic carbocycles. The van der Waals surface area contributed by atoms with Crippen LogP contribution in [0.25, 0.3) is 0 Å². The van der Waals surface area contributed by atoms with E-state index in [0.717, 1.165) is 25.0 Å². The molecule has 0 aromatic carbocycles. The number of carbonyl (C=O) groups is 1. The van der Waals surface area contributed by atoms with Gasteiger partial charge in [0.1, 0.15) is 21.7 Å². The summed E-state index contributed by atoms with van der Waals surface area (Å²) in [4.78, 5) is 13.9. The third kappa shape index (κ3) is 3.77. The second kappa shape index (κ2) is 5.71. The summed E-state index contributed by atoms with van der Waals surface area (Å²) < 4.78 is 21.8. The number of hydrogen-bond donors (Lipinski definition) is 0. The molecule has 0 aromatic rings. The summed E-state index contributed by atoms with van der Waals surface area (Å²) in [5.74, 6) is 0. The highest BCUT2D eigenvalue weighted by Crippen LogP contribution is 2.47. The summed E-state index contributed by atoms with van der Waals surface area (Å²) in [5, 5.41) is 0. The molecule has 126 valence electrons. The van der Waals surface area contributed by atoms with Crippen molar-refractivity contribution in [3.8, 4) is 0 Å². The summed E-state index contributed by atoms with van der Waals surface area (Å²) in [6, 6.07) is 0. The first-order valence-corrected chi connectivity index (χ1v) is 9.02. The van der Waals surface area contributed by atoms with Gasteiger partial charge >= 0.3 is 6.09 Å². The van der Waals surface area contributed by atoms with E-state index < -0.39 is 17.0 Å². The maximum absolute atomic E-state index is 12.2. The Labute approximate surface area is 136 Å². The lowest BCUT2D eigenvalue weighted by Gasteiger charge is -2.39. The van der Waals surface area contributed by atoms with Crippen molar-refractivity contribution in [2.24, 2.45) is 9.81 Å². The van der Waals surface area contributed by atoms with Crippen molar-refractivity contribution < 1.29 is 14.1 Å². The summed E-state index contributed by atoms with van der Waals surface area (Å²) in [6.45, 7) is 12.7. The van der Waals surface area contributed by atoms with Crippen LogP contribution in [-0.2, 0) is 16.1 Å². The molecule has 0 bridgehead atoms. The largest absolute Gasteiger partial charge is 0.591 e. The van der Waals surface area contributed by atoms with Gasteiger partial charge in [-0.25, -0.2) is 4.79 Å². The van der Waals surface area contributed by atoms with Gasteiger partial charge < -0.3 is 14.2 Å². The van der Waals surface area contributed by atoms with Crippen LogP contribution in [0.5, 0.6) is 0 Å². The number of amides is 1. The van der Waals surface area contributed by atoms with Crippen molar-refractivity contribution >= 4 is 23.2 Å². The highest BCUT2D eigenvalue weighted by Gasteiger charge is 2.51. The van der Waals surface area contributed by atoms with Crippen molar-refractivity contribution in [2.75, 3.05) is 13.1 Å². The molecule has 1 spiro atoms. The smallest absolute Gasteiger partial charge is 0.410 e. The maximum atomic E-state index is 12.2. The summed E-state index contributed by atoms with van der Waals surface area (Å²) in [5.41, 5.74) is 0.487. The molecule has 5 nitrogen and oxygen atoms in total. The van der Waals surface area contributed by atoms with Crippen LogP contribution >= 0.6 is 0 Å². The highest BCUT2D eigenvalue weighted by molar-refractivity contribution is 7.91. The van der Waals surface area contributed by atoms with Crippen LogP contribution in [0.4, 0.5) is 4.79 Å². The predicted molar refractivity (Wildman–Crippen MR) is 89.4 cm³/mol. The summed E-state index contributed by atoms with van der Waals surface area (Å²) in [7, 11) is 0. The molecule has 2 aliphatic rings. The molecular formula is C16H28N2O3S. The number of rotatable bonds is 1. The van der Waals surface area contributed by atoms with E-state index in [2.05, 4.69) is 4.40 Å². The first-order valence-electron chi connectivity index (χ1n) is 7.91. The van der Waals surface area contributed by atoms with Gasteiger partial charge in [0.25, 0.3) is 0 Å². The number of nitrogens with zero attached hydrogens (tertiary/aromatic N) is 2. The fraction of sp³-hybridized carbons (Fsp3) is 0.875. The molecule has 1 amide bonds. The van der Waals surface area contributed by atoms with Crippen molar-refractivity contribution in [1.82, 2.24) is 4.90 Å². The van der Waals surface area contributed by atoms with Gasteiger partial charge in [0, 0.05) is 18.5 Å². The molecule has 0 aromatic heterocycles. The van der Waals surface area contributed by atoms with Crippen molar-refractivity contribution in [2.45, 2.75) is 71.2 Å². The van der Waals surface area contributed by atoms with E-state index in [0.29, 0.717) is 13.1 Å². The van der Waals surface area contributed by atoms with Gasteiger partial charge in [-0.15, -0.1) is 0 Å². The van der Waals surface area contributed by atoms with Gasteiger partial charge in [0.15, 0.2) is 0 Å². The Morgan fingerprint density at radius 2 is 1.91 bits per heavy atom. The molecular weight excluding hydrogens is 300 g/mol. The van der Waals surface area contributed by atoms with Gasteiger partial charge in [0.2, 0.25) is 0 Å². The molecule has 1 saturated carbocycles. The van der Waals surface area contributed by atoms with Gasteiger partial charge in [-0.3, -0.25) is 0 Å². The lowest BCUT2D eigenvalue weighted by atomic mass is 9.66. The standard InChI is InChI=1S/C16H28N2O3S/c1-14(2,3)21-13(19)18-10-9-16(11-18)8-7-12(16)17-22(20)15(4,5)6/h7-11H2,1-6H3/t16-,22?/m0/s1. The maximum Gasteiger partial charge on any atom is 0.410 e. The van der Waals surface area contributed by atoms with E-state index in [1.807, 2.05) is 41.5 Å². The molecule has 0 N–H and O–H groups in total. The van der Waals surface area contributed by atoms with E-state index in [1.54, 1.807) is 4.90 Å². The minimum atomic E-state index is -1.22. The Kier molecular flexibility index (Phi) is 4.57. The second-order valence-corrected chi connectivity index (χ2v) is 10.2. The summed E-state index contributed by atoms with van der Waals surface area (Å²) in [6.07, 6.45) is 2.55. The van der Waals surface area contributed by atoms with Crippen LogP contribution < -0.4 is 0 Å². The number of carbonyl (C=O) groups excluding carboxylic acids is 1. The van der Waals surface area contributed by atoms with Crippen LogP contribution in [-0.4, -0.2) is 44.7 Å². The van der Waals surface area contributed by atoms with E-state index in [9.17, 15) is 9.35 Å². The third-order valence-electron chi connectivity index (χ3n) is 4.17. The Morgan fingerprint density at radius 1 is 1.27 bits per heavy atom. The molecule has 2 atom stereocenters. The van der Waals surface area contributed by atoms with Crippen LogP contribution in [0, 0.1) is 5.41 Å². The summed E-state index contributed by atoms with van der Waals surface area (Å²) >= 11 is -1.22. The van der Waals surface area contributed by atoms with Crippen LogP contribution in [0.15, 0.2) is 4.40 Å². The van der Waals surface area contributed by atoms with E-state index >= 15 is 0 Å². The predicted octanol–water partition coefficient (Wildman–Crippen LogP) is 3.31. The minimum Gasteiger partial charge on any atom is -0.591 e. The van der Waals surface area contributed by atoms with Crippen molar-refractivity contribution in [3.05, 3.63) is 0 Å². The van der Waals surface area contributed by atoms with Gasteiger partial charge in [-0.1, -0.05) is 4.40 Å². The molecule has 22 heavy (non-hydrogen) atoms. The lowest BCUT2D eigenvalue weighted by molar-refractivity contribution is 0.0278. The van der Waals surface area contributed by atoms with Gasteiger partial charge in [0.05, 0.1) is 5.71 Å². The molecule has 1 heterocycles. The zero-order valence-corrected chi connectivity index (χ0v) is 15.4. The van der Waals surface area contributed by atoms with Crippen LogP contribution in [0.3, 0.4) is 0 Å². The van der Waals surface area contributed by atoms with Gasteiger partial charge in [-0.05, 0) is 60.8 Å². The SMILES string of the molecule is CC(C)(C)OC(=O)N1CC[C@@]2(CCC2=N[S+]([O-])C(C)(C)C)C1. The Morgan fingerprint density at radius 3 is 2.36 bits per heavy atom. The average molecular weight is 328 g/mol. The zero-order valence-electron chi connectivity index (χ0n) is 14.6. The molecule has 1 saturated heterocycles. The van der Waals surface area contributed by atoms with Gasteiger partial charge in [-0.2, -0.15) is 0 Å². The van der Waals surface area contributed by atoms with Crippen LogP contribution in [0.1, 0.15) is 60.8 Å². The zero-order chi connectivity index (χ0) is 16.8. The minimum absolute atomic E-state index is 0.0577. The topological polar surface area (TPSA) is 65.0 Å². The van der Waals surface area contributed by atoms with E-state index in [1.165, 1.54) is 0 Å². The average Bonchev–Trinajstić information content (AvgIpc) is 2.78. The quantitative estimate of drug-likeness (QED) is 0.694. The number of likely N-dealkylation sites (tertiary alicyclic amines) is 1. The fourth-order valence-electron chi connectivity index (χ4n) is 2.76. The monoisotopic (exact) mass is 328 g/mol. The normalized spacial score (nSPS) is 28.9. The fourth-order valence-corrected chi connectivity index (χ4v) is 3.52. The Bertz CT molecular complexity index is 479. The van der Waals surface area contributed by atoms with Crippen LogP contribution in [0.2, 0.25) is 0 Å². The van der Waals surface area contributed by atoms with E-state index in [-0.39, 0.29) is 16.3 Å². The number of hydrogen-bond acceptors (Lipinski definition) is 4. The first kappa shape index (κ1) is 17.6. The highest BCUT2D eigenvalue weighted by atomic mass is 32.2. The molecule has 0 radical (unpaired) electrons. The van der Waals surface area contributed by atoms with Crippen molar-refractivity contribution in [1.29, 1.82) is 0 Å². The first-order chi connectivity index (χ1) is 9.93.